The van der Waals surface area contributed by atoms with Gasteiger partial charge in [0.15, 0.2) is 0 Å². The highest BCUT2D eigenvalue weighted by Gasteiger charge is 2.20. The van der Waals surface area contributed by atoms with Gasteiger partial charge >= 0.3 is 0 Å². The van der Waals surface area contributed by atoms with E-state index in [9.17, 15) is 4.39 Å². The first-order valence-corrected chi connectivity index (χ1v) is 6.20. The van der Waals surface area contributed by atoms with Crippen LogP contribution in [0.1, 0.15) is 39.0 Å². The summed E-state index contributed by atoms with van der Waals surface area (Å²) in [6.45, 7) is 2.26. The molecule has 88 valence electrons. The molecule has 0 atom stereocenters. The highest BCUT2D eigenvalue weighted by Crippen LogP contribution is 2.29. The van der Waals surface area contributed by atoms with E-state index in [1.54, 1.807) is 12.1 Å². The Morgan fingerprint density at radius 1 is 1.12 bits per heavy atom. The van der Waals surface area contributed by atoms with Gasteiger partial charge in [0.05, 0.1) is 6.10 Å². The number of hydrogen-bond donors (Lipinski definition) is 0. The van der Waals surface area contributed by atoms with Crippen LogP contribution in [0.15, 0.2) is 24.3 Å². The predicted molar refractivity (Wildman–Crippen MR) is 63.1 cm³/mol. The molecule has 0 heterocycles. The summed E-state index contributed by atoms with van der Waals surface area (Å²) in [4.78, 5) is 0. The van der Waals surface area contributed by atoms with Gasteiger partial charge in [0.25, 0.3) is 0 Å². The SMILES string of the molecule is CCC1CCC(Oc2ccc(F)cc2)CC1. The van der Waals surface area contributed by atoms with Gasteiger partial charge in [-0.2, -0.15) is 0 Å². The average Bonchev–Trinajstić information content (AvgIpc) is 2.33. The molecule has 0 aromatic heterocycles. The molecule has 0 unspecified atom stereocenters. The molecule has 0 amide bonds. The van der Waals surface area contributed by atoms with Crippen LogP contribution < -0.4 is 4.74 Å². The van der Waals surface area contributed by atoms with Gasteiger partial charge in [0, 0.05) is 0 Å². The second kappa shape index (κ2) is 5.33. The van der Waals surface area contributed by atoms with Gasteiger partial charge in [0.1, 0.15) is 11.6 Å². The molecule has 1 nitrogen and oxygen atoms in total. The normalized spacial score (nSPS) is 25.4. The van der Waals surface area contributed by atoms with Crippen molar-refractivity contribution in [2.24, 2.45) is 5.92 Å². The number of benzene rings is 1. The van der Waals surface area contributed by atoms with Crippen LogP contribution in [-0.2, 0) is 0 Å². The third kappa shape index (κ3) is 2.97. The first-order valence-electron chi connectivity index (χ1n) is 6.20. The van der Waals surface area contributed by atoms with E-state index in [1.165, 1.54) is 31.4 Å². The molecule has 0 N–H and O–H groups in total. The molecular formula is C14H19FO. The van der Waals surface area contributed by atoms with Gasteiger partial charge in [-0.25, -0.2) is 4.39 Å². The van der Waals surface area contributed by atoms with E-state index in [0.717, 1.165) is 24.5 Å². The Hall–Kier alpha value is -1.05. The molecule has 2 rings (SSSR count). The summed E-state index contributed by atoms with van der Waals surface area (Å²) >= 11 is 0. The Balaban J connectivity index is 1.84. The minimum atomic E-state index is -0.206. The van der Waals surface area contributed by atoms with Crippen LogP contribution in [-0.4, -0.2) is 6.10 Å². The minimum absolute atomic E-state index is 0.206. The largest absolute Gasteiger partial charge is 0.490 e. The highest BCUT2D eigenvalue weighted by molar-refractivity contribution is 5.22. The maximum Gasteiger partial charge on any atom is 0.123 e. The fraction of sp³-hybridized carbons (Fsp3) is 0.571. The van der Waals surface area contributed by atoms with Crippen molar-refractivity contribution in [2.45, 2.75) is 45.1 Å². The fourth-order valence-corrected chi connectivity index (χ4v) is 2.36. The predicted octanol–water partition coefficient (Wildman–Crippen LogP) is 4.17. The van der Waals surface area contributed by atoms with Crippen molar-refractivity contribution >= 4 is 0 Å². The molecule has 16 heavy (non-hydrogen) atoms. The maximum absolute atomic E-state index is 12.7. The van der Waals surface area contributed by atoms with Gasteiger partial charge in [0.2, 0.25) is 0 Å². The summed E-state index contributed by atoms with van der Waals surface area (Å²) in [6, 6.07) is 6.32. The Bertz CT molecular complexity index is 312. The Labute approximate surface area is 96.6 Å². The van der Waals surface area contributed by atoms with Gasteiger partial charge in [-0.1, -0.05) is 13.3 Å². The van der Waals surface area contributed by atoms with Gasteiger partial charge < -0.3 is 4.74 Å². The van der Waals surface area contributed by atoms with E-state index in [1.807, 2.05) is 0 Å². The molecule has 1 aromatic rings. The Morgan fingerprint density at radius 2 is 1.75 bits per heavy atom. The second-order valence-corrected chi connectivity index (χ2v) is 4.62. The average molecular weight is 222 g/mol. The molecule has 1 aromatic carbocycles. The van der Waals surface area contributed by atoms with E-state index in [-0.39, 0.29) is 5.82 Å². The summed E-state index contributed by atoms with van der Waals surface area (Å²) in [5.41, 5.74) is 0. The zero-order valence-corrected chi connectivity index (χ0v) is 9.79. The first-order chi connectivity index (χ1) is 7.78. The molecular weight excluding hydrogens is 203 g/mol. The number of ether oxygens (including phenoxy) is 1. The molecule has 0 spiro atoms. The minimum Gasteiger partial charge on any atom is -0.490 e. The highest BCUT2D eigenvalue weighted by atomic mass is 19.1. The van der Waals surface area contributed by atoms with Crippen molar-refractivity contribution in [3.8, 4) is 5.75 Å². The number of halogens is 1. The van der Waals surface area contributed by atoms with E-state index >= 15 is 0 Å². The maximum atomic E-state index is 12.7. The molecule has 1 fully saturated rings. The number of hydrogen-bond acceptors (Lipinski definition) is 1. The second-order valence-electron chi connectivity index (χ2n) is 4.62. The van der Waals surface area contributed by atoms with E-state index in [4.69, 9.17) is 4.74 Å². The summed E-state index contributed by atoms with van der Waals surface area (Å²) in [7, 11) is 0. The van der Waals surface area contributed by atoms with Crippen LogP contribution in [0.2, 0.25) is 0 Å². The standard InChI is InChI=1S/C14H19FO/c1-2-11-3-7-13(8-4-11)16-14-9-5-12(15)6-10-14/h5-6,9-11,13H,2-4,7-8H2,1H3. The lowest BCUT2D eigenvalue weighted by Crippen LogP contribution is -2.23. The van der Waals surface area contributed by atoms with Crippen LogP contribution in [0.3, 0.4) is 0 Å². The zero-order chi connectivity index (χ0) is 11.4. The van der Waals surface area contributed by atoms with Crippen LogP contribution in [0, 0.1) is 11.7 Å². The lowest BCUT2D eigenvalue weighted by molar-refractivity contribution is 0.130. The molecule has 1 aliphatic rings. The van der Waals surface area contributed by atoms with Crippen LogP contribution in [0.4, 0.5) is 4.39 Å². The monoisotopic (exact) mass is 222 g/mol. The van der Waals surface area contributed by atoms with E-state index in [2.05, 4.69) is 6.92 Å². The zero-order valence-electron chi connectivity index (χ0n) is 9.79. The molecule has 1 aliphatic carbocycles. The number of rotatable bonds is 3. The van der Waals surface area contributed by atoms with Gasteiger partial charge in [-0.3, -0.25) is 0 Å². The van der Waals surface area contributed by atoms with Gasteiger partial charge in [-0.05, 0) is 55.9 Å². The lowest BCUT2D eigenvalue weighted by Gasteiger charge is -2.28. The van der Waals surface area contributed by atoms with E-state index in [0.29, 0.717) is 6.10 Å². The summed E-state index contributed by atoms with van der Waals surface area (Å²) < 4.78 is 18.5. The van der Waals surface area contributed by atoms with Gasteiger partial charge in [-0.15, -0.1) is 0 Å². The third-order valence-corrected chi connectivity index (χ3v) is 3.49. The van der Waals surface area contributed by atoms with Crippen molar-refractivity contribution in [1.82, 2.24) is 0 Å². The van der Waals surface area contributed by atoms with Crippen LogP contribution in [0.5, 0.6) is 5.75 Å². The van der Waals surface area contributed by atoms with Crippen LogP contribution in [0.25, 0.3) is 0 Å². The van der Waals surface area contributed by atoms with Crippen molar-refractivity contribution in [3.05, 3.63) is 30.1 Å². The van der Waals surface area contributed by atoms with Crippen LogP contribution >= 0.6 is 0 Å². The summed E-state index contributed by atoms with van der Waals surface area (Å²) in [6.07, 6.45) is 6.41. The van der Waals surface area contributed by atoms with Crippen molar-refractivity contribution in [3.63, 3.8) is 0 Å². The topological polar surface area (TPSA) is 9.23 Å². The quantitative estimate of drug-likeness (QED) is 0.745. The molecule has 2 heteroatoms. The smallest absolute Gasteiger partial charge is 0.123 e. The first kappa shape index (κ1) is 11.4. The van der Waals surface area contributed by atoms with Crippen molar-refractivity contribution < 1.29 is 9.13 Å². The Kier molecular flexibility index (Phi) is 3.81. The Morgan fingerprint density at radius 3 is 2.31 bits per heavy atom. The molecule has 1 saturated carbocycles. The molecule has 0 bridgehead atoms. The molecule has 0 radical (unpaired) electrons. The third-order valence-electron chi connectivity index (χ3n) is 3.49. The van der Waals surface area contributed by atoms with Crippen molar-refractivity contribution in [2.75, 3.05) is 0 Å². The fourth-order valence-electron chi connectivity index (χ4n) is 2.36. The van der Waals surface area contributed by atoms with Crippen molar-refractivity contribution in [1.29, 1.82) is 0 Å². The van der Waals surface area contributed by atoms with E-state index < -0.39 is 0 Å². The lowest BCUT2D eigenvalue weighted by atomic mass is 9.86. The summed E-state index contributed by atoms with van der Waals surface area (Å²) in [5, 5.41) is 0. The molecule has 0 aliphatic heterocycles. The molecule has 0 saturated heterocycles. The summed E-state index contributed by atoms with van der Waals surface area (Å²) in [5.74, 6) is 1.47.